The van der Waals surface area contributed by atoms with Gasteiger partial charge in [0.15, 0.2) is 25.2 Å². The number of nitrogens with one attached hydrogen (secondary N) is 3. The summed E-state index contributed by atoms with van der Waals surface area (Å²) in [5.74, 6) is -9.18. The summed E-state index contributed by atoms with van der Waals surface area (Å²) in [6.07, 6.45) is -33.8. The first-order chi connectivity index (χ1) is 49.7. The number of quaternary nitrogens is 1. The molecule has 105 heavy (non-hydrogen) atoms. The maximum Gasteiger partial charge on any atom is 0.330 e. The maximum absolute atomic E-state index is 13.7. The van der Waals surface area contributed by atoms with Crippen molar-refractivity contribution in [2.75, 3.05) is 39.6 Å². The van der Waals surface area contributed by atoms with Crippen LogP contribution in [0.2, 0.25) is 0 Å². The third-order valence-corrected chi connectivity index (χ3v) is 18.9. The lowest BCUT2D eigenvalue weighted by molar-refractivity contribution is -0.421. The molecule has 6 rings (SSSR count). The van der Waals surface area contributed by atoms with Gasteiger partial charge in [0.1, 0.15) is 128 Å². The Bertz CT molecular complexity index is 2730. The molecule has 5 aliphatic heterocycles. The fraction of sp³-hybridized carbons (Fsp3) is 0.809. The van der Waals surface area contributed by atoms with Gasteiger partial charge < -0.3 is 166 Å². The average Bonchev–Trinajstić information content (AvgIpc) is 0.953. The number of aliphatic hydroxyl groups excluding tert-OH is 16. The Morgan fingerprint density at radius 2 is 1.08 bits per heavy atom. The molecule has 37 nitrogen and oxygen atoms in total. The number of benzene rings is 1. The van der Waals surface area contributed by atoms with Crippen LogP contribution in [-0.2, 0) is 82.7 Å². The number of hydrogen-bond acceptors (Lipinski definition) is 33. The van der Waals surface area contributed by atoms with E-state index in [0.29, 0.717) is 12.0 Å². The van der Waals surface area contributed by atoms with E-state index < -0.39 is 247 Å². The molecule has 0 aliphatic carbocycles. The van der Waals surface area contributed by atoms with Crippen LogP contribution in [0.1, 0.15) is 135 Å². The van der Waals surface area contributed by atoms with E-state index in [1.54, 1.807) is 30.3 Å². The highest BCUT2D eigenvalue weighted by atomic mass is 16.8. The van der Waals surface area contributed by atoms with Crippen LogP contribution in [0, 0.1) is 0 Å². The number of rotatable bonds is 43. The van der Waals surface area contributed by atoms with Crippen LogP contribution < -0.4 is 27.2 Å². The van der Waals surface area contributed by atoms with Gasteiger partial charge in [-0.1, -0.05) is 127 Å². The van der Waals surface area contributed by atoms with Crippen molar-refractivity contribution in [1.29, 1.82) is 0 Å². The first-order valence-electron chi connectivity index (χ1n) is 35.7. The highest BCUT2D eigenvalue weighted by Gasteiger charge is 2.61. The Hall–Kier alpha value is -4.77. The quantitative estimate of drug-likeness (QED) is 0.0164. The summed E-state index contributed by atoms with van der Waals surface area (Å²) in [6, 6.07) is 3.56. The summed E-state index contributed by atoms with van der Waals surface area (Å²) in [4.78, 5) is 65.5. The molecular formula is C68H114N4O33. The van der Waals surface area contributed by atoms with Crippen molar-refractivity contribution in [3.05, 3.63) is 48.0 Å². The van der Waals surface area contributed by atoms with Gasteiger partial charge in [-0.15, -0.1) is 0 Å². The SMILES string of the molecule is CCCCCCCCCCCCCCCCCC(=O)N[C@@H](CO[C@@H]1O[C@H](CO)[C@@H](O[C@@H]2O[C@H](CO)[C@H](O[C@@H]3O[C@H](CO)[C@H](O)[C@H](O[C@@H]4O[C@H](CO)[C@H](O)[C@H](O)[C@H]4O)[C@H]3NC(C)=O)[C@H](O[C@]3(C(=O)[O-])C[C@H](O)C(NC(C)=O)C([C@H](O)[C@H](O)CO)O3)[C@H]2O)[C@H](O)[C@H]1O)[C@H](O)/C=C/C(=O)OCc1ccccc1.[NH4+]. The lowest BCUT2D eigenvalue weighted by Gasteiger charge is -2.54. The molecule has 1 aromatic carbocycles. The zero-order valence-corrected chi connectivity index (χ0v) is 59.7. The molecular weight excluding hydrogens is 1400 g/mol. The van der Waals surface area contributed by atoms with E-state index >= 15 is 0 Å². The highest BCUT2D eigenvalue weighted by molar-refractivity contribution is 5.82. The molecule has 3 amide bonds. The zero-order valence-electron chi connectivity index (χ0n) is 59.7. The van der Waals surface area contributed by atoms with E-state index in [1.165, 1.54) is 51.4 Å². The Kier molecular flexibility index (Phi) is 39.3. The van der Waals surface area contributed by atoms with Gasteiger partial charge >= 0.3 is 5.97 Å². The number of carbonyl (C=O) groups is 5. The second-order valence-electron chi connectivity index (χ2n) is 27.0. The predicted molar refractivity (Wildman–Crippen MR) is 357 cm³/mol. The number of aliphatic carboxylic acids is 1. The second-order valence-corrected chi connectivity index (χ2v) is 27.0. The number of ether oxygens (including phenoxy) is 11. The third-order valence-electron chi connectivity index (χ3n) is 18.9. The van der Waals surface area contributed by atoms with E-state index in [4.69, 9.17) is 52.1 Å². The number of hydrogen-bond donors (Lipinski definition) is 20. The molecule has 0 saturated carbocycles. The summed E-state index contributed by atoms with van der Waals surface area (Å²) in [5.41, 5.74) is 0.669. The van der Waals surface area contributed by atoms with Gasteiger partial charge in [0.05, 0.1) is 63.9 Å². The van der Waals surface area contributed by atoms with Crippen molar-refractivity contribution in [3.8, 4) is 0 Å². The molecule has 0 bridgehead atoms. The van der Waals surface area contributed by atoms with Crippen molar-refractivity contribution in [1.82, 2.24) is 22.1 Å². The molecule has 5 fully saturated rings. The van der Waals surface area contributed by atoms with Gasteiger partial charge in [-0.3, -0.25) is 14.4 Å². The molecule has 23 N–H and O–H groups in total. The van der Waals surface area contributed by atoms with Crippen LogP contribution in [0.5, 0.6) is 0 Å². The summed E-state index contributed by atoms with van der Waals surface area (Å²) in [6.45, 7) is -2.45. The van der Waals surface area contributed by atoms with E-state index in [9.17, 15) is 111 Å². The summed E-state index contributed by atoms with van der Waals surface area (Å²) in [5, 5.41) is 198. The number of aliphatic hydroxyl groups is 16. The lowest BCUT2D eigenvalue weighted by atomic mass is 9.88. The van der Waals surface area contributed by atoms with Gasteiger partial charge in [0.2, 0.25) is 23.5 Å². The fourth-order valence-corrected chi connectivity index (χ4v) is 13.1. The average molecular weight is 1520 g/mol. The summed E-state index contributed by atoms with van der Waals surface area (Å²) in [7, 11) is 0. The molecule has 5 saturated heterocycles. The van der Waals surface area contributed by atoms with Crippen LogP contribution in [-0.4, -0.2) is 322 Å². The van der Waals surface area contributed by atoms with Crippen LogP contribution in [0.25, 0.3) is 0 Å². The normalized spacial score (nSPS) is 34.8. The number of carbonyl (C=O) groups excluding carboxylic acids is 5. The maximum atomic E-state index is 13.7. The first-order valence-corrected chi connectivity index (χ1v) is 35.7. The first kappa shape index (κ1) is 90.8. The van der Waals surface area contributed by atoms with Crippen molar-refractivity contribution in [2.24, 2.45) is 0 Å². The van der Waals surface area contributed by atoms with Gasteiger partial charge in [0, 0.05) is 32.8 Å². The largest absolute Gasteiger partial charge is 0.544 e. The van der Waals surface area contributed by atoms with Gasteiger partial charge in [-0.2, -0.15) is 0 Å². The molecule has 1 aromatic rings. The van der Waals surface area contributed by atoms with Gasteiger partial charge in [-0.05, 0) is 18.1 Å². The van der Waals surface area contributed by atoms with Crippen LogP contribution >= 0.6 is 0 Å². The number of carboxylic acids is 1. The van der Waals surface area contributed by atoms with E-state index in [1.807, 2.05) is 0 Å². The van der Waals surface area contributed by atoms with Crippen LogP contribution in [0.4, 0.5) is 0 Å². The molecule has 2 unspecified atom stereocenters. The van der Waals surface area contributed by atoms with Gasteiger partial charge in [-0.25, -0.2) is 4.79 Å². The number of unbranched alkanes of at least 4 members (excludes halogenated alkanes) is 14. The van der Waals surface area contributed by atoms with Crippen molar-refractivity contribution in [2.45, 2.75) is 308 Å². The van der Waals surface area contributed by atoms with Crippen LogP contribution in [0.3, 0.4) is 0 Å². The van der Waals surface area contributed by atoms with E-state index in [0.717, 1.165) is 64.5 Å². The topological polar surface area (TPSA) is 606 Å². The minimum atomic E-state index is -3.52. The molecule has 28 atom stereocenters. The molecule has 37 heteroatoms. The number of carboxylic acid groups (broad SMARTS) is 1. The Balaban J connectivity index is 0.0000198. The second kappa shape index (κ2) is 45.4. The minimum absolute atomic E-state index is 0. The monoisotopic (exact) mass is 1510 g/mol. The summed E-state index contributed by atoms with van der Waals surface area (Å²) < 4.78 is 64.7. The molecule has 5 heterocycles. The van der Waals surface area contributed by atoms with E-state index in [2.05, 4.69) is 22.9 Å². The van der Waals surface area contributed by atoms with Gasteiger partial charge in [0.25, 0.3) is 0 Å². The number of amides is 3. The van der Waals surface area contributed by atoms with Crippen LogP contribution in [0.15, 0.2) is 42.5 Å². The van der Waals surface area contributed by atoms with Crippen molar-refractivity contribution < 1.29 is 163 Å². The molecule has 0 spiro atoms. The number of esters is 1. The molecule has 0 aromatic heterocycles. The minimum Gasteiger partial charge on any atom is -0.544 e. The summed E-state index contributed by atoms with van der Waals surface area (Å²) >= 11 is 0. The predicted octanol–water partition coefficient (Wildman–Crippen LogP) is -5.96. The third kappa shape index (κ3) is 25.9. The van der Waals surface area contributed by atoms with E-state index in [-0.39, 0.29) is 19.2 Å². The smallest absolute Gasteiger partial charge is 0.330 e. The fourth-order valence-electron chi connectivity index (χ4n) is 13.1. The molecule has 0 radical (unpaired) electrons. The Morgan fingerprint density at radius 1 is 0.581 bits per heavy atom. The molecule has 5 aliphatic rings. The lowest BCUT2D eigenvalue weighted by Crippen LogP contribution is -2.73. The Morgan fingerprint density at radius 3 is 1.64 bits per heavy atom. The van der Waals surface area contributed by atoms with Crippen molar-refractivity contribution >= 4 is 29.7 Å². The standard InChI is InChI=1S/C68H111N3O33.H3N/c1-4-5-6-7-8-9-10-11-12-13-14-15-16-17-21-24-46(82)71-38(39(79)25-26-47(83)94-33-37-22-19-18-20-23-37)34-95-64-56(90)54(88)58(44(31-75)98-64)100-66-57(91)62(104-68(67(92)93)27-40(80)48(69-35(2)77)61(103-68)50(84)41(81)28-72)59(45(32-76)99-66)101-63-49(70-36(3)78)60(52(86)43(30-74)96-63)102-65-55(89)53(87)51(85)42(29-73)97-65;/h18-20,22-23,25-26,38-45,48-66,72-76,79-81,84-91H,4-17,21,24,27-34H2,1-3H3,(H,69,77)(H,70,78)(H,71,82)(H,92,93);1H3/b26-25+;/t38-,39+,40-,41+,42+,43+,44+,45+,48?,49+,50+,51-,52-,53-,54+,55+,56+,57+,58+,59-,60+,61?,62+,63-,64+,65-,66-,68-;/m0./s1. The zero-order chi connectivity index (χ0) is 76.4. The molecule has 604 valence electrons. The highest BCUT2D eigenvalue weighted by Crippen LogP contribution is 2.41. The van der Waals surface area contributed by atoms with Crippen molar-refractivity contribution in [3.63, 3.8) is 0 Å². The Labute approximate surface area is 608 Å².